The third-order valence-corrected chi connectivity index (χ3v) is 3.13. The molecule has 1 atom stereocenters. The van der Waals surface area contributed by atoms with E-state index in [0.29, 0.717) is 24.5 Å². The van der Waals surface area contributed by atoms with Crippen LogP contribution in [0.3, 0.4) is 0 Å². The predicted molar refractivity (Wildman–Crippen MR) is 78.5 cm³/mol. The van der Waals surface area contributed by atoms with Crippen LogP contribution >= 0.6 is 15.9 Å². The van der Waals surface area contributed by atoms with Crippen molar-refractivity contribution in [1.29, 1.82) is 0 Å². The second-order valence-electron chi connectivity index (χ2n) is 6.30. The number of hydrogen-bond acceptors (Lipinski definition) is 2. The number of rotatable bonds is 5. The van der Waals surface area contributed by atoms with Gasteiger partial charge in [0.1, 0.15) is 5.78 Å². The first-order valence-corrected chi connectivity index (χ1v) is 7.17. The number of hydrogen-bond donors (Lipinski definition) is 0. The first kappa shape index (κ1) is 15.4. The molecule has 1 aromatic rings. The van der Waals surface area contributed by atoms with E-state index in [2.05, 4.69) is 48.6 Å². The number of carbonyl (C=O) groups is 1. The molecule has 0 spiro atoms. The first-order valence-electron chi connectivity index (χ1n) is 6.37. The molecule has 0 aliphatic rings. The number of ketones is 1. The van der Waals surface area contributed by atoms with Crippen LogP contribution in [0.5, 0.6) is 0 Å². The lowest BCUT2D eigenvalue weighted by atomic mass is 9.83. The van der Waals surface area contributed by atoms with E-state index in [-0.39, 0.29) is 5.41 Å². The van der Waals surface area contributed by atoms with Gasteiger partial charge in [0.25, 0.3) is 0 Å². The molecule has 0 saturated carbocycles. The molecule has 18 heavy (non-hydrogen) atoms. The smallest absolute Gasteiger partial charge is 0.137 e. The van der Waals surface area contributed by atoms with E-state index in [1.54, 1.807) is 12.4 Å². The topological polar surface area (TPSA) is 30.0 Å². The first-order chi connectivity index (χ1) is 8.26. The molecule has 1 unspecified atom stereocenters. The molecule has 0 amide bonds. The molecule has 3 heteroatoms. The van der Waals surface area contributed by atoms with Gasteiger partial charge in [0.15, 0.2) is 0 Å². The van der Waals surface area contributed by atoms with Crippen LogP contribution in [0, 0.1) is 11.3 Å². The largest absolute Gasteiger partial charge is 0.299 e. The maximum atomic E-state index is 12.0. The third-order valence-electron chi connectivity index (χ3n) is 2.70. The fourth-order valence-electron chi connectivity index (χ4n) is 2.36. The van der Waals surface area contributed by atoms with Crippen molar-refractivity contribution in [2.45, 2.75) is 47.0 Å². The molecule has 0 fully saturated rings. The van der Waals surface area contributed by atoms with Crippen LogP contribution in [-0.2, 0) is 11.2 Å². The molecule has 0 radical (unpaired) electrons. The summed E-state index contributed by atoms with van der Waals surface area (Å²) < 4.78 is 0.926. The number of aromatic nitrogens is 1. The second-order valence-corrected chi connectivity index (χ2v) is 7.22. The van der Waals surface area contributed by atoms with Crippen molar-refractivity contribution in [2.75, 3.05) is 0 Å². The summed E-state index contributed by atoms with van der Waals surface area (Å²) in [7, 11) is 0. The highest BCUT2D eigenvalue weighted by Crippen LogP contribution is 2.26. The standard InChI is InChI=1S/C15H22BrNO/c1-11(8-15(2,3)4)5-14(18)7-12-6-13(16)10-17-9-12/h6,9-11H,5,7-8H2,1-4H3. The summed E-state index contributed by atoms with van der Waals surface area (Å²) >= 11 is 3.37. The van der Waals surface area contributed by atoms with Gasteiger partial charge in [0, 0.05) is 29.7 Å². The van der Waals surface area contributed by atoms with Gasteiger partial charge in [-0.25, -0.2) is 0 Å². The Morgan fingerprint density at radius 1 is 1.39 bits per heavy atom. The lowest BCUT2D eigenvalue weighted by molar-refractivity contribution is -0.119. The minimum Gasteiger partial charge on any atom is -0.299 e. The molecule has 1 heterocycles. The van der Waals surface area contributed by atoms with Gasteiger partial charge in [0.2, 0.25) is 0 Å². The van der Waals surface area contributed by atoms with E-state index in [4.69, 9.17) is 0 Å². The zero-order valence-corrected chi connectivity index (χ0v) is 13.3. The zero-order valence-electron chi connectivity index (χ0n) is 11.7. The zero-order chi connectivity index (χ0) is 13.8. The summed E-state index contributed by atoms with van der Waals surface area (Å²) in [4.78, 5) is 16.1. The van der Waals surface area contributed by atoms with Crippen molar-refractivity contribution in [3.8, 4) is 0 Å². The van der Waals surface area contributed by atoms with Gasteiger partial charge in [-0.2, -0.15) is 0 Å². The summed E-state index contributed by atoms with van der Waals surface area (Å²) in [6.45, 7) is 8.80. The minimum atomic E-state index is 0.289. The fraction of sp³-hybridized carbons (Fsp3) is 0.600. The van der Waals surface area contributed by atoms with E-state index in [9.17, 15) is 4.79 Å². The monoisotopic (exact) mass is 311 g/mol. The molecule has 0 aromatic carbocycles. The third kappa shape index (κ3) is 6.29. The molecular weight excluding hydrogens is 290 g/mol. The van der Waals surface area contributed by atoms with Crippen molar-refractivity contribution in [3.63, 3.8) is 0 Å². The Bertz CT molecular complexity index is 409. The minimum absolute atomic E-state index is 0.289. The highest BCUT2D eigenvalue weighted by Gasteiger charge is 2.17. The molecule has 1 rings (SSSR count). The van der Waals surface area contributed by atoms with E-state index >= 15 is 0 Å². The van der Waals surface area contributed by atoms with E-state index in [0.717, 1.165) is 16.5 Å². The second kappa shape index (κ2) is 6.46. The van der Waals surface area contributed by atoms with Crippen LogP contribution in [-0.4, -0.2) is 10.8 Å². The lowest BCUT2D eigenvalue weighted by Gasteiger charge is -2.22. The highest BCUT2D eigenvalue weighted by atomic mass is 79.9. The number of carbonyl (C=O) groups excluding carboxylic acids is 1. The molecule has 2 nitrogen and oxygen atoms in total. The molecule has 0 aliphatic heterocycles. The maximum absolute atomic E-state index is 12.0. The van der Waals surface area contributed by atoms with Gasteiger partial charge in [-0.15, -0.1) is 0 Å². The van der Waals surface area contributed by atoms with E-state index in [1.165, 1.54) is 0 Å². The van der Waals surface area contributed by atoms with E-state index < -0.39 is 0 Å². The SMILES string of the molecule is CC(CC(=O)Cc1cncc(Br)c1)CC(C)(C)C. The average Bonchev–Trinajstić information content (AvgIpc) is 2.13. The Labute approximate surface area is 118 Å². The van der Waals surface area contributed by atoms with Gasteiger partial charge in [0.05, 0.1) is 0 Å². The highest BCUT2D eigenvalue weighted by molar-refractivity contribution is 9.10. The van der Waals surface area contributed by atoms with Crippen LogP contribution in [0.1, 0.15) is 46.1 Å². The number of halogens is 1. The lowest BCUT2D eigenvalue weighted by Crippen LogP contribution is -2.15. The molecule has 100 valence electrons. The molecular formula is C15H22BrNO. The molecule has 0 saturated heterocycles. The van der Waals surface area contributed by atoms with Crippen molar-refractivity contribution in [1.82, 2.24) is 4.98 Å². The Morgan fingerprint density at radius 3 is 2.61 bits per heavy atom. The fourth-order valence-corrected chi connectivity index (χ4v) is 2.77. The number of nitrogens with zero attached hydrogens (tertiary/aromatic N) is 1. The van der Waals surface area contributed by atoms with Crippen molar-refractivity contribution in [2.24, 2.45) is 11.3 Å². The summed E-state index contributed by atoms with van der Waals surface area (Å²) in [5.41, 5.74) is 1.27. The van der Waals surface area contributed by atoms with Crippen LogP contribution in [0.25, 0.3) is 0 Å². The normalized spacial score (nSPS) is 13.4. The van der Waals surface area contributed by atoms with Gasteiger partial charge in [-0.3, -0.25) is 9.78 Å². The van der Waals surface area contributed by atoms with E-state index in [1.807, 2.05) is 6.07 Å². The Hall–Kier alpha value is -0.700. The Morgan fingerprint density at radius 2 is 2.06 bits per heavy atom. The summed E-state index contributed by atoms with van der Waals surface area (Å²) in [6.07, 6.45) is 5.72. The predicted octanol–water partition coefficient (Wildman–Crippen LogP) is 4.42. The van der Waals surface area contributed by atoms with Gasteiger partial charge in [-0.05, 0) is 45.3 Å². The average molecular weight is 312 g/mol. The molecule has 1 aromatic heterocycles. The quantitative estimate of drug-likeness (QED) is 0.805. The van der Waals surface area contributed by atoms with Gasteiger partial charge in [-0.1, -0.05) is 27.7 Å². The van der Waals surface area contributed by atoms with Crippen LogP contribution in [0.15, 0.2) is 22.9 Å². The van der Waals surface area contributed by atoms with Crippen LogP contribution < -0.4 is 0 Å². The molecule has 0 N–H and O–H groups in total. The maximum Gasteiger partial charge on any atom is 0.137 e. The van der Waals surface area contributed by atoms with Crippen molar-refractivity contribution >= 4 is 21.7 Å². The number of Topliss-reactive ketones (excluding diaryl/α,β-unsaturated/α-hetero) is 1. The Kier molecular flexibility index (Phi) is 5.51. The number of pyridine rings is 1. The van der Waals surface area contributed by atoms with Crippen LogP contribution in [0.4, 0.5) is 0 Å². The van der Waals surface area contributed by atoms with Gasteiger partial charge < -0.3 is 0 Å². The van der Waals surface area contributed by atoms with Crippen molar-refractivity contribution in [3.05, 3.63) is 28.5 Å². The van der Waals surface area contributed by atoms with Gasteiger partial charge >= 0.3 is 0 Å². The summed E-state index contributed by atoms with van der Waals surface area (Å²) in [6, 6.07) is 1.96. The summed E-state index contributed by atoms with van der Waals surface area (Å²) in [5.74, 6) is 0.740. The molecule has 0 aliphatic carbocycles. The Balaban J connectivity index is 2.47. The molecule has 0 bridgehead atoms. The summed E-state index contributed by atoms with van der Waals surface area (Å²) in [5, 5.41) is 0. The van der Waals surface area contributed by atoms with Crippen LogP contribution in [0.2, 0.25) is 0 Å². The van der Waals surface area contributed by atoms with Crippen molar-refractivity contribution < 1.29 is 4.79 Å².